The highest BCUT2D eigenvalue weighted by molar-refractivity contribution is 5.60. The molecule has 0 saturated heterocycles. The van der Waals surface area contributed by atoms with E-state index in [0.717, 1.165) is 0 Å². The number of nitrogens with one attached hydrogen (secondary N) is 1. The van der Waals surface area contributed by atoms with Crippen molar-refractivity contribution in [1.29, 1.82) is 0 Å². The number of hydrogen-bond donors (Lipinski definition) is 1. The second-order valence-electron chi connectivity index (χ2n) is 3.41. The molecule has 0 bridgehead atoms. The van der Waals surface area contributed by atoms with Crippen LogP contribution in [0, 0.1) is 17.5 Å². The lowest BCUT2D eigenvalue weighted by molar-refractivity contribution is -0.141. The molecule has 18 heavy (non-hydrogen) atoms. The number of alkyl halides is 3. The summed E-state index contributed by atoms with van der Waals surface area (Å²) in [6.07, 6.45) is -4.68. The Morgan fingerprint density at radius 3 is 2.06 bits per heavy atom. The molecule has 0 atom stereocenters. The molecule has 0 amide bonds. The number of aromatic nitrogens is 2. The molecule has 1 aromatic heterocycles. The van der Waals surface area contributed by atoms with E-state index in [1.54, 1.807) is 5.10 Å². The molecule has 0 unspecified atom stereocenters. The molecular weight excluding hydrogens is 262 g/mol. The highest BCUT2D eigenvalue weighted by Gasteiger charge is 2.33. The third kappa shape index (κ3) is 2.18. The van der Waals surface area contributed by atoms with Gasteiger partial charge in [0.1, 0.15) is 11.5 Å². The number of H-pyrrole nitrogens is 1. The summed E-state index contributed by atoms with van der Waals surface area (Å²) in [7, 11) is 0. The van der Waals surface area contributed by atoms with Gasteiger partial charge < -0.3 is 0 Å². The van der Waals surface area contributed by atoms with Crippen LogP contribution in [-0.4, -0.2) is 10.2 Å². The first-order chi connectivity index (χ1) is 8.29. The van der Waals surface area contributed by atoms with Gasteiger partial charge in [-0.2, -0.15) is 18.3 Å². The van der Waals surface area contributed by atoms with Crippen LogP contribution in [0.5, 0.6) is 0 Å². The van der Waals surface area contributed by atoms with Crippen molar-refractivity contribution < 1.29 is 26.3 Å². The third-order valence-electron chi connectivity index (χ3n) is 2.17. The Morgan fingerprint density at radius 1 is 0.889 bits per heavy atom. The van der Waals surface area contributed by atoms with Gasteiger partial charge in [0, 0.05) is 11.6 Å². The van der Waals surface area contributed by atoms with Crippen LogP contribution in [0.15, 0.2) is 18.2 Å². The number of aromatic amines is 1. The maximum atomic E-state index is 13.3. The molecule has 0 saturated carbocycles. The number of rotatable bonds is 1. The zero-order valence-electron chi connectivity index (χ0n) is 8.45. The van der Waals surface area contributed by atoms with E-state index in [-0.39, 0.29) is 6.07 Å². The molecule has 0 aliphatic heterocycles. The summed E-state index contributed by atoms with van der Waals surface area (Å²) in [5.41, 5.74) is -2.22. The molecule has 0 aliphatic carbocycles. The Morgan fingerprint density at radius 2 is 1.50 bits per heavy atom. The summed E-state index contributed by atoms with van der Waals surface area (Å²) in [4.78, 5) is 0. The van der Waals surface area contributed by atoms with Gasteiger partial charge in [-0.25, -0.2) is 13.2 Å². The first kappa shape index (κ1) is 12.5. The fourth-order valence-corrected chi connectivity index (χ4v) is 1.32. The van der Waals surface area contributed by atoms with Gasteiger partial charge in [-0.05, 0) is 12.1 Å². The number of benzene rings is 1. The van der Waals surface area contributed by atoms with Gasteiger partial charge >= 0.3 is 6.18 Å². The van der Waals surface area contributed by atoms with E-state index < -0.39 is 40.6 Å². The van der Waals surface area contributed by atoms with Crippen LogP contribution in [0.3, 0.4) is 0 Å². The van der Waals surface area contributed by atoms with Crippen molar-refractivity contribution in [1.82, 2.24) is 10.2 Å². The lowest BCUT2D eigenvalue weighted by Crippen LogP contribution is -2.04. The summed E-state index contributed by atoms with van der Waals surface area (Å²) < 4.78 is 75.6. The Bertz CT molecular complexity index is 587. The third-order valence-corrected chi connectivity index (χ3v) is 2.17. The smallest absolute Gasteiger partial charge is 0.273 e. The number of hydrogen-bond acceptors (Lipinski definition) is 1. The second-order valence-corrected chi connectivity index (χ2v) is 3.41. The first-order valence-corrected chi connectivity index (χ1v) is 4.56. The fraction of sp³-hybridized carbons (Fsp3) is 0.100. The highest BCUT2D eigenvalue weighted by Crippen LogP contribution is 2.31. The van der Waals surface area contributed by atoms with Gasteiger partial charge in [0.25, 0.3) is 0 Å². The van der Waals surface area contributed by atoms with Crippen LogP contribution in [0.2, 0.25) is 0 Å². The van der Waals surface area contributed by atoms with Gasteiger partial charge in [0.2, 0.25) is 0 Å². The van der Waals surface area contributed by atoms with Gasteiger partial charge in [-0.1, -0.05) is 0 Å². The fourth-order valence-electron chi connectivity index (χ4n) is 1.32. The van der Waals surface area contributed by atoms with E-state index in [1.807, 2.05) is 0 Å². The Balaban J connectivity index is 2.50. The van der Waals surface area contributed by atoms with Crippen molar-refractivity contribution in [2.45, 2.75) is 6.18 Å². The molecule has 1 heterocycles. The predicted molar refractivity (Wildman–Crippen MR) is 48.9 cm³/mol. The molecule has 0 fully saturated rings. The average Bonchev–Trinajstić information content (AvgIpc) is 2.72. The predicted octanol–water partition coefficient (Wildman–Crippen LogP) is 3.51. The van der Waals surface area contributed by atoms with E-state index in [2.05, 4.69) is 5.10 Å². The van der Waals surface area contributed by atoms with Crippen LogP contribution in [0.25, 0.3) is 11.3 Å². The molecule has 1 N–H and O–H groups in total. The minimum absolute atomic E-state index is 0.243. The molecule has 2 aromatic rings. The number of halogens is 6. The van der Waals surface area contributed by atoms with Crippen molar-refractivity contribution in [2.24, 2.45) is 0 Å². The molecule has 8 heteroatoms. The summed E-state index contributed by atoms with van der Waals surface area (Å²) in [6, 6.07) is 1.20. The van der Waals surface area contributed by atoms with E-state index in [1.165, 1.54) is 0 Å². The Labute approximate surface area is 96.2 Å². The molecule has 2 rings (SSSR count). The topological polar surface area (TPSA) is 28.7 Å². The maximum Gasteiger partial charge on any atom is 0.432 e. The highest BCUT2D eigenvalue weighted by atomic mass is 19.4. The maximum absolute atomic E-state index is 13.3. The van der Waals surface area contributed by atoms with Gasteiger partial charge in [-0.3, -0.25) is 5.10 Å². The van der Waals surface area contributed by atoms with Crippen molar-refractivity contribution in [3.8, 4) is 11.3 Å². The summed E-state index contributed by atoms with van der Waals surface area (Å²) in [5.74, 6) is -4.00. The molecular formula is C10H4F6N2. The summed E-state index contributed by atoms with van der Waals surface area (Å²) in [5, 5.41) is 4.86. The lowest BCUT2D eigenvalue weighted by Gasteiger charge is -2.01. The molecule has 2 nitrogen and oxygen atoms in total. The van der Waals surface area contributed by atoms with E-state index >= 15 is 0 Å². The quantitative estimate of drug-likeness (QED) is 0.621. The van der Waals surface area contributed by atoms with Crippen molar-refractivity contribution in [2.75, 3.05) is 0 Å². The van der Waals surface area contributed by atoms with Crippen LogP contribution < -0.4 is 0 Å². The Kier molecular flexibility index (Phi) is 2.80. The van der Waals surface area contributed by atoms with Crippen LogP contribution in [0.1, 0.15) is 5.69 Å². The largest absolute Gasteiger partial charge is 0.432 e. The first-order valence-electron chi connectivity index (χ1n) is 4.56. The van der Waals surface area contributed by atoms with Crippen molar-refractivity contribution in [3.05, 3.63) is 41.3 Å². The zero-order chi connectivity index (χ0) is 13.5. The van der Waals surface area contributed by atoms with Gasteiger partial charge in [-0.15, -0.1) is 0 Å². The van der Waals surface area contributed by atoms with Gasteiger partial charge in [0.05, 0.1) is 5.69 Å². The van der Waals surface area contributed by atoms with Crippen molar-refractivity contribution >= 4 is 0 Å². The molecule has 0 aliphatic rings. The minimum atomic E-state index is -4.68. The lowest BCUT2D eigenvalue weighted by atomic mass is 10.1. The summed E-state index contributed by atoms with van der Waals surface area (Å²) >= 11 is 0. The van der Waals surface area contributed by atoms with E-state index in [9.17, 15) is 26.3 Å². The molecule has 0 radical (unpaired) electrons. The second kappa shape index (κ2) is 4.04. The zero-order valence-corrected chi connectivity index (χ0v) is 8.45. The molecule has 0 spiro atoms. The summed E-state index contributed by atoms with van der Waals surface area (Å²) in [6.45, 7) is 0. The normalized spacial score (nSPS) is 11.9. The molecule has 96 valence electrons. The standard InChI is InChI=1S/C10H4F6N2/c11-5-2-7(13)6(12)1-4(5)8-3-9(18-17-8)10(14,15)16/h1-3H,(H,17,18). The van der Waals surface area contributed by atoms with Crippen LogP contribution in [-0.2, 0) is 6.18 Å². The van der Waals surface area contributed by atoms with Crippen LogP contribution >= 0.6 is 0 Å². The minimum Gasteiger partial charge on any atom is -0.273 e. The SMILES string of the molecule is Fc1cc(F)c(-c2cc(C(F)(F)F)[nH]n2)cc1F. The number of nitrogens with zero attached hydrogens (tertiary/aromatic N) is 1. The molecule has 1 aromatic carbocycles. The van der Waals surface area contributed by atoms with Crippen LogP contribution in [0.4, 0.5) is 26.3 Å². The average molecular weight is 266 g/mol. The van der Waals surface area contributed by atoms with Gasteiger partial charge in [0.15, 0.2) is 11.6 Å². The van der Waals surface area contributed by atoms with Crippen molar-refractivity contribution in [3.63, 3.8) is 0 Å². The Hall–Kier alpha value is -1.99. The van der Waals surface area contributed by atoms with E-state index in [4.69, 9.17) is 0 Å². The monoisotopic (exact) mass is 266 g/mol. The van der Waals surface area contributed by atoms with E-state index in [0.29, 0.717) is 12.1 Å².